The zero-order valence-electron chi connectivity index (χ0n) is 12.1. The molecule has 0 saturated carbocycles. The molecule has 0 spiro atoms. The van der Waals surface area contributed by atoms with Crippen LogP contribution < -0.4 is 10.2 Å². The van der Waals surface area contributed by atoms with E-state index in [2.05, 4.69) is 47.9 Å². The Bertz CT molecular complexity index is 340. The molecule has 4 nitrogen and oxygen atoms in total. The van der Waals surface area contributed by atoms with Crippen molar-refractivity contribution in [3.05, 3.63) is 18.1 Å². The van der Waals surface area contributed by atoms with Crippen LogP contribution in [0.15, 0.2) is 12.4 Å². The summed E-state index contributed by atoms with van der Waals surface area (Å²) >= 11 is 0. The van der Waals surface area contributed by atoms with Crippen molar-refractivity contribution in [2.45, 2.75) is 40.7 Å². The molecule has 1 atom stereocenters. The molecule has 1 N–H and O–H groups in total. The lowest BCUT2D eigenvalue weighted by atomic mass is 10.1. The van der Waals surface area contributed by atoms with E-state index in [0.29, 0.717) is 5.92 Å². The van der Waals surface area contributed by atoms with Gasteiger partial charge in [-0.3, -0.25) is 4.98 Å². The summed E-state index contributed by atoms with van der Waals surface area (Å²) in [6, 6.07) is 0. The molecule has 102 valence electrons. The third-order valence-corrected chi connectivity index (χ3v) is 3.16. The Morgan fingerprint density at radius 2 is 2.06 bits per heavy atom. The smallest absolute Gasteiger partial charge is 0.147 e. The molecule has 1 heterocycles. The van der Waals surface area contributed by atoms with E-state index in [1.54, 1.807) is 0 Å². The highest BCUT2D eigenvalue weighted by atomic mass is 15.2. The van der Waals surface area contributed by atoms with Gasteiger partial charge in [0.2, 0.25) is 0 Å². The number of aromatic nitrogens is 2. The van der Waals surface area contributed by atoms with Gasteiger partial charge in [-0.25, -0.2) is 4.98 Å². The summed E-state index contributed by atoms with van der Waals surface area (Å²) in [7, 11) is 0. The van der Waals surface area contributed by atoms with Gasteiger partial charge in [0.1, 0.15) is 5.82 Å². The maximum Gasteiger partial charge on any atom is 0.147 e. The van der Waals surface area contributed by atoms with E-state index in [1.165, 1.54) is 6.42 Å². The van der Waals surface area contributed by atoms with Gasteiger partial charge in [-0.05, 0) is 19.4 Å². The van der Waals surface area contributed by atoms with Gasteiger partial charge >= 0.3 is 0 Å². The predicted octanol–water partition coefficient (Wildman–Crippen LogP) is 2.46. The summed E-state index contributed by atoms with van der Waals surface area (Å²) in [6.45, 7) is 12.5. The third kappa shape index (κ3) is 4.61. The SMILES string of the molecule is CCNCc1cncc(N(CC)CC(C)CC)n1. The molecule has 1 unspecified atom stereocenters. The molecule has 0 fully saturated rings. The second-order valence-electron chi connectivity index (χ2n) is 4.70. The van der Waals surface area contributed by atoms with Crippen LogP contribution in [0.5, 0.6) is 0 Å². The first-order chi connectivity index (χ1) is 8.71. The molecular weight excluding hydrogens is 224 g/mol. The summed E-state index contributed by atoms with van der Waals surface area (Å²) in [5, 5.41) is 3.28. The van der Waals surface area contributed by atoms with Crippen molar-refractivity contribution < 1.29 is 0 Å². The average Bonchev–Trinajstić information content (AvgIpc) is 2.42. The quantitative estimate of drug-likeness (QED) is 0.769. The number of hydrogen-bond donors (Lipinski definition) is 1. The van der Waals surface area contributed by atoms with Crippen LogP contribution in [-0.4, -0.2) is 29.6 Å². The number of nitrogens with zero attached hydrogens (tertiary/aromatic N) is 3. The van der Waals surface area contributed by atoms with E-state index in [4.69, 9.17) is 0 Å². The molecular formula is C14H26N4. The van der Waals surface area contributed by atoms with Gasteiger partial charge in [-0.1, -0.05) is 27.2 Å². The second kappa shape index (κ2) is 8.03. The number of anilines is 1. The van der Waals surface area contributed by atoms with Gasteiger partial charge in [0.05, 0.1) is 11.9 Å². The van der Waals surface area contributed by atoms with Crippen LogP contribution in [0.2, 0.25) is 0 Å². The molecule has 0 aliphatic heterocycles. The molecule has 0 saturated heterocycles. The maximum absolute atomic E-state index is 4.67. The fourth-order valence-corrected chi connectivity index (χ4v) is 1.78. The predicted molar refractivity (Wildman–Crippen MR) is 76.8 cm³/mol. The normalized spacial score (nSPS) is 12.4. The molecule has 0 aromatic carbocycles. The summed E-state index contributed by atoms with van der Waals surface area (Å²) in [5.41, 5.74) is 1.01. The Kier molecular flexibility index (Phi) is 6.65. The van der Waals surface area contributed by atoms with Crippen LogP contribution in [0.3, 0.4) is 0 Å². The monoisotopic (exact) mass is 250 g/mol. The highest BCUT2D eigenvalue weighted by molar-refractivity contribution is 5.36. The summed E-state index contributed by atoms with van der Waals surface area (Å²) in [4.78, 5) is 11.3. The fraction of sp³-hybridized carbons (Fsp3) is 0.714. The van der Waals surface area contributed by atoms with Gasteiger partial charge in [-0.2, -0.15) is 0 Å². The average molecular weight is 250 g/mol. The first kappa shape index (κ1) is 14.9. The van der Waals surface area contributed by atoms with E-state index in [0.717, 1.165) is 37.7 Å². The van der Waals surface area contributed by atoms with Crippen LogP contribution in [-0.2, 0) is 6.54 Å². The molecule has 0 aliphatic carbocycles. The standard InChI is InChI=1S/C14H26N4/c1-5-12(4)11-18(7-3)14-10-16-9-13(17-14)8-15-6-2/h9-10,12,15H,5-8,11H2,1-4H3. The minimum atomic E-state index is 0.684. The molecule has 4 heteroatoms. The van der Waals surface area contributed by atoms with Crippen LogP contribution in [0.4, 0.5) is 5.82 Å². The zero-order chi connectivity index (χ0) is 13.4. The van der Waals surface area contributed by atoms with Gasteiger partial charge in [0.25, 0.3) is 0 Å². The largest absolute Gasteiger partial charge is 0.355 e. The van der Waals surface area contributed by atoms with E-state index in [9.17, 15) is 0 Å². The van der Waals surface area contributed by atoms with Gasteiger partial charge < -0.3 is 10.2 Å². The zero-order valence-corrected chi connectivity index (χ0v) is 12.1. The second-order valence-corrected chi connectivity index (χ2v) is 4.70. The third-order valence-electron chi connectivity index (χ3n) is 3.16. The molecule has 1 rings (SSSR count). The Morgan fingerprint density at radius 3 is 2.67 bits per heavy atom. The highest BCUT2D eigenvalue weighted by Crippen LogP contribution is 2.13. The molecule has 0 bridgehead atoms. The van der Waals surface area contributed by atoms with Crippen molar-refractivity contribution in [3.8, 4) is 0 Å². The van der Waals surface area contributed by atoms with Crippen molar-refractivity contribution in [1.29, 1.82) is 0 Å². The minimum absolute atomic E-state index is 0.684. The van der Waals surface area contributed by atoms with Crippen molar-refractivity contribution in [2.24, 2.45) is 5.92 Å². The van der Waals surface area contributed by atoms with Gasteiger partial charge in [0, 0.05) is 25.8 Å². The highest BCUT2D eigenvalue weighted by Gasteiger charge is 2.10. The summed E-state index contributed by atoms with van der Waals surface area (Å²) in [5.74, 6) is 1.68. The molecule has 0 radical (unpaired) electrons. The molecule has 18 heavy (non-hydrogen) atoms. The molecule has 0 amide bonds. The first-order valence-corrected chi connectivity index (χ1v) is 6.97. The summed E-state index contributed by atoms with van der Waals surface area (Å²) < 4.78 is 0. The Labute approximate surface area is 111 Å². The van der Waals surface area contributed by atoms with Gasteiger partial charge in [0.15, 0.2) is 0 Å². The van der Waals surface area contributed by atoms with Crippen molar-refractivity contribution in [2.75, 3.05) is 24.5 Å². The number of nitrogens with one attached hydrogen (secondary N) is 1. The van der Waals surface area contributed by atoms with Gasteiger partial charge in [-0.15, -0.1) is 0 Å². The van der Waals surface area contributed by atoms with Crippen LogP contribution >= 0.6 is 0 Å². The molecule has 1 aromatic heterocycles. The Balaban J connectivity index is 2.72. The Morgan fingerprint density at radius 1 is 1.28 bits per heavy atom. The maximum atomic E-state index is 4.67. The van der Waals surface area contributed by atoms with Crippen LogP contribution in [0, 0.1) is 5.92 Å². The van der Waals surface area contributed by atoms with E-state index in [1.807, 2.05) is 12.4 Å². The summed E-state index contributed by atoms with van der Waals surface area (Å²) in [6.07, 6.45) is 4.89. The Hall–Kier alpha value is -1.16. The van der Waals surface area contributed by atoms with Crippen molar-refractivity contribution >= 4 is 5.82 Å². The minimum Gasteiger partial charge on any atom is -0.355 e. The number of rotatable bonds is 8. The number of hydrogen-bond acceptors (Lipinski definition) is 4. The van der Waals surface area contributed by atoms with Crippen molar-refractivity contribution in [1.82, 2.24) is 15.3 Å². The van der Waals surface area contributed by atoms with E-state index in [-0.39, 0.29) is 0 Å². The topological polar surface area (TPSA) is 41.1 Å². The van der Waals surface area contributed by atoms with Crippen LogP contribution in [0.1, 0.15) is 39.8 Å². The fourth-order valence-electron chi connectivity index (χ4n) is 1.78. The molecule has 0 aliphatic rings. The first-order valence-electron chi connectivity index (χ1n) is 6.97. The van der Waals surface area contributed by atoms with Crippen molar-refractivity contribution in [3.63, 3.8) is 0 Å². The molecule has 1 aromatic rings. The van der Waals surface area contributed by atoms with E-state index >= 15 is 0 Å². The van der Waals surface area contributed by atoms with Crippen LogP contribution in [0.25, 0.3) is 0 Å². The van der Waals surface area contributed by atoms with E-state index < -0.39 is 0 Å². The lowest BCUT2D eigenvalue weighted by molar-refractivity contribution is 0.544. The lowest BCUT2D eigenvalue weighted by Crippen LogP contribution is -2.29. The lowest BCUT2D eigenvalue weighted by Gasteiger charge is -2.25.